The molecule has 7 heteroatoms. The summed E-state index contributed by atoms with van der Waals surface area (Å²) >= 11 is 0. The van der Waals surface area contributed by atoms with Crippen LogP contribution < -0.4 is 0 Å². The van der Waals surface area contributed by atoms with Gasteiger partial charge in [0, 0.05) is 13.1 Å². The minimum Gasteiger partial charge on any atom is -0.481 e. The summed E-state index contributed by atoms with van der Waals surface area (Å²) in [4.78, 5) is 22.6. The van der Waals surface area contributed by atoms with E-state index in [0.29, 0.717) is 0 Å². The molecule has 5 nitrogen and oxygen atoms in total. The highest BCUT2D eigenvalue weighted by Crippen LogP contribution is 2.18. The van der Waals surface area contributed by atoms with Crippen molar-refractivity contribution >= 4 is 12.1 Å². The Morgan fingerprint density at radius 2 is 1.87 bits per heavy atom. The van der Waals surface area contributed by atoms with Gasteiger partial charge in [0.05, 0.1) is 5.92 Å². The molecular weight excluding hydrogens is 212 g/mol. The number of carbonyl (C=O) groups is 2. The quantitative estimate of drug-likeness (QED) is 0.762. The van der Waals surface area contributed by atoms with Crippen molar-refractivity contribution in [3.63, 3.8) is 0 Å². The van der Waals surface area contributed by atoms with Crippen molar-refractivity contribution in [2.75, 3.05) is 13.1 Å². The minimum atomic E-state index is -3.13. The second-order valence-corrected chi connectivity index (χ2v) is 3.24. The number of amides is 1. The first-order valence-corrected chi connectivity index (χ1v) is 4.47. The van der Waals surface area contributed by atoms with E-state index in [1.165, 1.54) is 0 Å². The number of ether oxygens (including phenoxy) is 1. The first-order chi connectivity index (χ1) is 7.00. The highest BCUT2D eigenvalue weighted by Gasteiger charge is 2.28. The van der Waals surface area contributed by atoms with Crippen LogP contribution in [0.4, 0.5) is 13.6 Å². The van der Waals surface area contributed by atoms with E-state index >= 15 is 0 Å². The number of rotatable bonds is 2. The zero-order chi connectivity index (χ0) is 11.4. The molecular formula is C8H11F2NO4. The molecule has 1 heterocycles. The van der Waals surface area contributed by atoms with Crippen molar-refractivity contribution in [3.8, 4) is 0 Å². The summed E-state index contributed by atoms with van der Waals surface area (Å²) in [5, 5.41) is 8.65. The Hall–Kier alpha value is -1.40. The summed E-state index contributed by atoms with van der Waals surface area (Å²) < 4.78 is 27.1. The number of carbonyl (C=O) groups excluding carboxylic acids is 1. The molecule has 15 heavy (non-hydrogen) atoms. The Labute approximate surface area is 84.6 Å². The lowest BCUT2D eigenvalue weighted by molar-refractivity contribution is -0.143. The molecule has 0 radical (unpaired) electrons. The molecule has 0 saturated carbocycles. The highest BCUT2D eigenvalue weighted by atomic mass is 19.3. The van der Waals surface area contributed by atoms with Crippen molar-refractivity contribution in [1.82, 2.24) is 4.90 Å². The molecule has 1 rings (SSSR count). The largest absolute Gasteiger partial charge is 0.481 e. The zero-order valence-electron chi connectivity index (χ0n) is 7.86. The fraction of sp³-hybridized carbons (Fsp3) is 0.750. The average molecular weight is 223 g/mol. The number of aliphatic carboxylic acids is 1. The van der Waals surface area contributed by atoms with Crippen molar-refractivity contribution < 1.29 is 28.2 Å². The van der Waals surface area contributed by atoms with Crippen LogP contribution in [0.1, 0.15) is 12.8 Å². The molecule has 1 N–H and O–H groups in total. The van der Waals surface area contributed by atoms with Gasteiger partial charge in [0.1, 0.15) is 0 Å². The van der Waals surface area contributed by atoms with E-state index in [2.05, 4.69) is 4.74 Å². The van der Waals surface area contributed by atoms with Gasteiger partial charge in [0.15, 0.2) is 0 Å². The Bertz CT molecular complexity index is 251. The second-order valence-electron chi connectivity index (χ2n) is 3.24. The maximum Gasteiger partial charge on any atom is 0.414 e. The lowest BCUT2D eigenvalue weighted by Gasteiger charge is -2.28. The molecule has 1 saturated heterocycles. The number of hydrogen-bond donors (Lipinski definition) is 1. The summed E-state index contributed by atoms with van der Waals surface area (Å²) in [6, 6.07) is 0. The topological polar surface area (TPSA) is 66.8 Å². The molecule has 0 aromatic heterocycles. The number of carboxylic acids is 1. The normalized spacial score (nSPS) is 17.9. The molecule has 86 valence electrons. The van der Waals surface area contributed by atoms with Gasteiger partial charge in [0.25, 0.3) is 0 Å². The van der Waals surface area contributed by atoms with Crippen LogP contribution in [0.15, 0.2) is 0 Å². The molecule has 1 aliphatic heterocycles. The van der Waals surface area contributed by atoms with E-state index in [1.54, 1.807) is 0 Å². The first kappa shape index (κ1) is 11.7. The van der Waals surface area contributed by atoms with Crippen LogP contribution in [-0.4, -0.2) is 41.8 Å². The fourth-order valence-electron chi connectivity index (χ4n) is 1.46. The third-order valence-electron chi connectivity index (χ3n) is 2.29. The van der Waals surface area contributed by atoms with E-state index in [9.17, 15) is 18.4 Å². The average Bonchev–Trinajstić information content (AvgIpc) is 2.17. The lowest BCUT2D eigenvalue weighted by atomic mass is 9.97. The predicted molar refractivity (Wildman–Crippen MR) is 44.4 cm³/mol. The lowest BCUT2D eigenvalue weighted by Crippen LogP contribution is -2.41. The van der Waals surface area contributed by atoms with Crippen molar-refractivity contribution in [2.45, 2.75) is 19.5 Å². The third kappa shape index (κ3) is 3.34. The van der Waals surface area contributed by atoms with Gasteiger partial charge in [-0.3, -0.25) is 4.79 Å². The molecule has 0 aliphatic carbocycles. The summed E-state index contributed by atoms with van der Waals surface area (Å²) in [5.74, 6) is -1.42. The van der Waals surface area contributed by atoms with Crippen LogP contribution in [0.5, 0.6) is 0 Å². The molecule has 1 aliphatic rings. The number of piperidine rings is 1. The highest BCUT2D eigenvalue weighted by molar-refractivity contribution is 5.71. The number of hydrogen-bond acceptors (Lipinski definition) is 3. The van der Waals surface area contributed by atoms with Gasteiger partial charge in [-0.05, 0) is 12.8 Å². The molecule has 0 atom stereocenters. The van der Waals surface area contributed by atoms with Crippen LogP contribution in [0, 0.1) is 5.92 Å². The van der Waals surface area contributed by atoms with Gasteiger partial charge in [-0.25, -0.2) is 4.79 Å². The summed E-state index contributed by atoms with van der Waals surface area (Å²) in [6.07, 6.45) is -0.546. The summed E-state index contributed by atoms with van der Waals surface area (Å²) in [7, 11) is 0. The van der Waals surface area contributed by atoms with E-state index in [4.69, 9.17) is 5.11 Å². The van der Waals surface area contributed by atoms with Crippen LogP contribution in [0.2, 0.25) is 0 Å². The molecule has 0 unspecified atom stereocenters. The van der Waals surface area contributed by atoms with Gasteiger partial charge in [0.2, 0.25) is 0 Å². The predicted octanol–water partition coefficient (Wildman–Crippen LogP) is 1.14. The Kier molecular flexibility index (Phi) is 3.81. The Morgan fingerprint density at radius 1 is 1.33 bits per heavy atom. The Morgan fingerprint density at radius 3 is 2.27 bits per heavy atom. The SMILES string of the molecule is O=C(O)C1CCN(C(=O)OC(F)F)CC1. The molecule has 1 amide bonds. The maximum atomic E-state index is 11.7. The van der Waals surface area contributed by atoms with Crippen LogP contribution in [0.3, 0.4) is 0 Å². The van der Waals surface area contributed by atoms with Gasteiger partial charge >= 0.3 is 18.7 Å². The zero-order valence-corrected chi connectivity index (χ0v) is 7.86. The van der Waals surface area contributed by atoms with Crippen molar-refractivity contribution in [3.05, 3.63) is 0 Å². The molecule has 0 spiro atoms. The Balaban J connectivity index is 2.37. The van der Waals surface area contributed by atoms with E-state index in [1.807, 2.05) is 0 Å². The van der Waals surface area contributed by atoms with Gasteiger partial charge in [-0.15, -0.1) is 0 Å². The molecule has 0 bridgehead atoms. The third-order valence-corrected chi connectivity index (χ3v) is 2.29. The van der Waals surface area contributed by atoms with Gasteiger partial charge in [-0.1, -0.05) is 0 Å². The molecule has 1 fully saturated rings. The van der Waals surface area contributed by atoms with E-state index in [-0.39, 0.29) is 25.9 Å². The van der Waals surface area contributed by atoms with Crippen molar-refractivity contribution in [2.24, 2.45) is 5.92 Å². The standard InChI is InChI=1S/C8H11F2NO4/c9-7(10)15-8(14)11-3-1-5(2-4-11)6(12)13/h5,7H,1-4H2,(H,12,13). The van der Waals surface area contributed by atoms with Crippen molar-refractivity contribution in [1.29, 1.82) is 0 Å². The summed E-state index contributed by atoms with van der Waals surface area (Å²) in [6.45, 7) is -2.85. The fourth-order valence-corrected chi connectivity index (χ4v) is 1.46. The van der Waals surface area contributed by atoms with E-state index in [0.717, 1.165) is 4.90 Å². The number of likely N-dealkylation sites (tertiary alicyclic amines) is 1. The van der Waals surface area contributed by atoms with E-state index < -0.39 is 24.6 Å². The number of carboxylic acid groups (broad SMARTS) is 1. The van der Waals surface area contributed by atoms with Crippen LogP contribution in [-0.2, 0) is 9.53 Å². The maximum absolute atomic E-state index is 11.7. The monoisotopic (exact) mass is 223 g/mol. The number of alkyl halides is 2. The minimum absolute atomic E-state index is 0.141. The van der Waals surface area contributed by atoms with Gasteiger partial charge < -0.3 is 14.7 Å². The van der Waals surface area contributed by atoms with Crippen LogP contribution in [0.25, 0.3) is 0 Å². The number of nitrogens with zero attached hydrogens (tertiary/aromatic N) is 1. The van der Waals surface area contributed by atoms with Gasteiger partial charge in [-0.2, -0.15) is 8.78 Å². The number of halogens is 2. The molecule has 0 aromatic rings. The molecule has 0 aromatic carbocycles. The summed E-state index contributed by atoms with van der Waals surface area (Å²) in [5.41, 5.74) is 0. The van der Waals surface area contributed by atoms with Crippen LogP contribution >= 0.6 is 0 Å². The first-order valence-electron chi connectivity index (χ1n) is 4.47. The smallest absolute Gasteiger partial charge is 0.414 e. The second kappa shape index (κ2) is 4.90.